The Balaban J connectivity index is 1.67. The van der Waals surface area contributed by atoms with Crippen LogP contribution in [0.15, 0.2) is 30.3 Å². The third kappa shape index (κ3) is 2.82. The summed E-state index contributed by atoms with van der Waals surface area (Å²) in [7, 11) is 0. The molecule has 1 aliphatic heterocycles. The van der Waals surface area contributed by atoms with Crippen LogP contribution in [0.1, 0.15) is 12.0 Å². The van der Waals surface area contributed by atoms with Crippen molar-refractivity contribution in [1.29, 1.82) is 0 Å². The van der Waals surface area contributed by atoms with Gasteiger partial charge < -0.3 is 10.1 Å². The lowest BCUT2D eigenvalue weighted by atomic mass is 10.1. The topological polar surface area (TPSA) is 21.3 Å². The number of ether oxygens (including phenoxy) is 1. The number of hydrogen-bond acceptors (Lipinski definition) is 2. The summed E-state index contributed by atoms with van der Waals surface area (Å²) in [4.78, 5) is 0. The molecular weight excluding hydrogens is 174 g/mol. The Morgan fingerprint density at radius 3 is 2.86 bits per heavy atom. The van der Waals surface area contributed by atoms with E-state index in [1.165, 1.54) is 12.0 Å². The molecule has 1 aliphatic rings. The second kappa shape index (κ2) is 5.13. The first-order valence-electron chi connectivity index (χ1n) is 5.27. The molecule has 1 unspecified atom stereocenters. The highest BCUT2D eigenvalue weighted by Crippen LogP contribution is 2.10. The highest BCUT2D eigenvalue weighted by molar-refractivity contribution is 5.14. The maximum absolute atomic E-state index is 5.32. The van der Waals surface area contributed by atoms with Crippen molar-refractivity contribution in [1.82, 2.24) is 5.32 Å². The van der Waals surface area contributed by atoms with Gasteiger partial charge >= 0.3 is 0 Å². The monoisotopic (exact) mass is 191 g/mol. The Morgan fingerprint density at radius 2 is 2.14 bits per heavy atom. The zero-order valence-electron chi connectivity index (χ0n) is 8.41. The minimum atomic E-state index is 0.721. The van der Waals surface area contributed by atoms with Crippen molar-refractivity contribution < 1.29 is 4.74 Å². The van der Waals surface area contributed by atoms with E-state index in [1.807, 2.05) is 6.07 Å². The molecule has 0 aromatic heterocycles. The van der Waals surface area contributed by atoms with Gasteiger partial charge in [0.1, 0.15) is 0 Å². The SMILES string of the molecule is c1ccc(CNCC2CCOC2)cc1. The smallest absolute Gasteiger partial charge is 0.0507 e. The van der Waals surface area contributed by atoms with Crippen LogP contribution >= 0.6 is 0 Å². The van der Waals surface area contributed by atoms with Gasteiger partial charge in [-0.2, -0.15) is 0 Å². The van der Waals surface area contributed by atoms with Crippen molar-refractivity contribution in [2.75, 3.05) is 19.8 Å². The first-order valence-corrected chi connectivity index (χ1v) is 5.27. The highest BCUT2D eigenvalue weighted by atomic mass is 16.5. The summed E-state index contributed by atoms with van der Waals surface area (Å²) in [5.74, 6) is 0.721. The average molecular weight is 191 g/mol. The minimum Gasteiger partial charge on any atom is -0.381 e. The first kappa shape index (κ1) is 9.69. The molecule has 76 valence electrons. The molecular formula is C12H17NO. The lowest BCUT2D eigenvalue weighted by Gasteiger charge is -2.08. The fourth-order valence-corrected chi connectivity index (χ4v) is 1.76. The molecule has 1 aromatic rings. The van der Waals surface area contributed by atoms with E-state index in [2.05, 4.69) is 29.6 Å². The molecule has 0 saturated carbocycles. The summed E-state index contributed by atoms with van der Waals surface area (Å²) in [5.41, 5.74) is 1.35. The van der Waals surface area contributed by atoms with E-state index in [1.54, 1.807) is 0 Å². The maximum Gasteiger partial charge on any atom is 0.0507 e. The molecule has 1 aromatic carbocycles. The second-order valence-corrected chi connectivity index (χ2v) is 3.85. The number of nitrogens with one attached hydrogen (secondary N) is 1. The zero-order chi connectivity index (χ0) is 9.64. The fraction of sp³-hybridized carbons (Fsp3) is 0.500. The van der Waals surface area contributed by atoms with Crippen LogP contribution in [0.3, 0.4) is 0 Å². The summed E-state index contributed by atoms with van der Waals surface area (Å²) in [6, 6.07) is 10.5. The van der Waals surface area contributed by atoms with Crippen molar-refractivity contribution in [3.8, 4) is 0 Å². The minimum absolute atomic E-state index is 0.721. The van der Waals surface area contributed by atoms with E-state index >= 15 is 0 Å². The lowest BCUT2D eigenvalue weighted by Crippen LogP contribution is -2.22. The van der Waals surface area contributed by atoms with Crippen molar-refractivity contribution in [2.45, 2.75) is 13.0 Å². The predicted molar refractivity (Wildman–Crippen MR) is 57.1 cm³/mol. The van der Waals surface area contributed by atoms with Crippen LogP contribution in [-0.2, 0) is 11.3 Å². The maximum atomic E-state index is 5.32. The van der Waals surface area contributed by atoms with Gasteiger partial charge in [-0.05, 0) is 17.9 Å². The molecule has 0 aliphatic carbocycles. The van der Waals surface area contributed by atoms with Crippen molar-refractivity contribution in [2.24, 2.45) is 5.92 Å². The van der Waals surface area contributed by atoms with Crippen LogP contribution < -0.4 is 5.32 Å². The van der Waals surface area contributed by atoms with E-state index in [0.717, 1.165) is 32.2 Å². The highest BCUT2D eigenvalue weighted by Gasteiger charge is 2.14. The van der Waals surface area contributed by atoms with Gasteiger partial charge in [-0.3, -0.25) is 0 Å². The molecule has 0 radical (unpaired) electrons. The van der Waals surface area contributed by atoms with Crippen LogP contribution in [-0.4, -0.2) is 19.8 Å². The molecule has 2 heteroatoms. The second-order valence-electron chi connectivity index (χ2n) is 3.85. The average Bonchev–Trinajstić information content (AvgIpc) is 2.72. The third-order valence-corrected chi connectivity index (χ3v) is 2.63. The van der Waals surface area contributed by atoms with E-state index in [9.17, 15) is 0 Å². The normalized spacial score (nSPS) is 21.3. The van der Waals surface area contributed by atoms with Gasteiger partial charge in [0, 0.05) is 19.7 Å². The van der Waals surface area contributed by atoms with Gasteiger partial charge in [0.15, 0.2) is 0 Å². The Kier molecular flexibility index (Phi) is 3.55. The molecule has 0 bridgehead atoms. The molecule has 1 N–H and O–H groups in total. The van der Waals surface area contributed by atoms with Crippen LogP contribution in [0.2, 0.25) is 0 Å². The van der Waals surface area contributed by atoms with Gasteiger partial charge in [0.25, 0.3) is 0 Å². The third-order valence-electron chi connectivity index (χ3n) is 2.63. The molecule has 2 rings (SSSR count). The molecule has 1 saturated heterocycles. The van der Waals surface area contributed by atoms with Crippen LogP contribution in [0.25, 0.3) is 0 Å². The van der Waals surface area contributed by atoms with Gasteiger partial charge in [-0.15, -0.1) is 0 Å². The lowest BCUT2D eigenvalue weighted by molar-refractivity contribution is 0.185. The van der Waals surface area contributed by atoms with E-state index in [-0.39, 0.29) is 0 Å². The largest absolute Gasteiger partial charge is 0.381 e. The summed E-state index contributed by atoms with van der Waals surface area (Å²) >= 11 is 0. The van der Waals surface area contributed by atoms with Crippen molar-refractivity contribution in [3.05, 3.63) is 35.9 Å². The Bertz CT molecular complexity index is 254. The fourth-order valence-electron chi connectivity index (χ4n) is 1.76. The number of hydrogen-bond donors (Lipinski definition) is 1. The summed E-state index contributed by atoms with van der Waals surface area (Å²) < 4.78 is 5.32. The molecule has 0 amide bonds. The van der Waals surface area contributed by atoms with Crippen molar-refractivity contribution in [3.63, 3.8) is 0 Å². The Labute approximate surface area is 85.3 Å². The molecule has 0 spiro atoms. The summed E-state index contributed by atoms with van der Waals surface area (Å²) in [5, 5.41) is 3.46. The predicted octanol–water partition coefficient (Wildman–Crippen LogP) is 1.81. The molecule has 1 atom stereocenters. The molecule has 1 heterocycles. The van der Waals surface area contributed by atoms with Gasteiger partial charge in [0.05, 0.1) is 6.61 Å². The van der Waals surface area contributed by atoms with Crippen LogP contribution in [0.5, 0.6) is 0 Å². The number of rotatable bonds is 4. The van der Waals surface area contributed by atoms with Crippen molar-refractivity contribution >= 4 is 0 Å². The van der Waals surface area contributed by atoms with Crippen LogP contribution in [0.4, 0.5) is 0 Å². The zero-order valence-corrected chi connectivity index (χ0v) is 8.41. The van der Waals surface area contributed by atoms with E-state index < -0.39 is 0 Å². The van der Waals surface area contributed by atoms with Gasteiger partial charge in [0.2, 0.25) is 0 Å². The van der Waals surface area contributed by atoms with Gasteiger partial charge in [-0.25, -0.2) is 0 Å². The molecule has 1 fully saturated rings. The quantitative estimate of drug-likeness (QED) is 0.783. The molecule has 14 heavy (non-hydrogen) atoms. The Hall–Kier alpha value is -0.860. The van der Waals surface area contributed by atoms with E-state index in [4.69, 9.17) is 4.74 Å². The van der Waals surface area contributed by atoms with E-state index in [0.29, 0.717) is 0 Å². The number of benzene rings is 1. The Morgan fingerprint density at radius 1 is 1.29 bits per heavy atom. The standard InChI is InChI=1S/C12H17NO/c1-2-4-11(5-3-1)8-13-9-12-6-7-14-10-12/h1-5,12-13H,6-10H2. The van der Waals surface area contributed by atoms with Gasteiger partial charge in [-0.1, -0.05) is 30.3 Å². The molecule has 2 nitrogen and oxygen atoms in total. The summed E-state index contributed by atoms with van der Waals surface area (Å²) in [6.45, 7) is 3.92. The first-order chi connectivity index (χ1) is 6.95. The summed E-state index contributed by atoms with van der Waals surface area (Å²) in [6.07, 6.45) is 1.21. The van der Waals surface area contributed by atoms with Crippen LogP contribution in [0, 0.1) is 5.92 Å².